The van der Waals surface area contributed by atoms with E-state index in [1.54, 1.807) is 0 Å². The summed E-state index contributed by atoms with van der Waals surface area (Å²) in [7, 11) is 0. The summed E-state index contributed by atoms with van der Waals surface area (Å²) in [6.45, 7) is 3.86. The fraction of sp³-hybridized carbons (Fsp3) is 1.00. The highest BCUT2D eigenvalue weighted by Crippen LogP contribution is 2.10. The van der Waals surface area contributed by atoms with Crippen molar-refractivity contribution in [2.24, 2.45) is 5.73 Å². The average Bonchev–Trinajstić information content (AvgIpc) is 2.57. The first kappa shape index (κ1) is 9.96. The average molecular weight is 172 g/mol. The molecule has 12 heavy (non-hydrogen) atoms. The maximum Gasteiger partial charge on any atom is 0.0700 e. The predicted octanol–water partition coefficient (Wildman–Crippen LogP) is 0.494. The molecule has 3 nitrogen and oxygen atoms in total. The number of hydrogen-bond donors (Lipinski definition) is 2. The smallest absolute Gasteiger partial charge is 0.0700 e. The highest BCUT2D eigenvalue weighted by Gasteiger charge is 2.13. The lowest BCUT2D eigenvalue weighted by Gasteiger charge is -2.09. The standard InChI is InChI=1S/C9H20N2O/c10-5-1-2-6-11-8-9-4-3-7-12-9/h9,11H,1-8,10H2. The maximum absolute atomic E-state index is 5.47. The van der Waals surface area contributed by atoms with E-state index < -0.39 is 0 Å². The number of hydrogen-bond acceptors (Lipinski definition) is 3. The largest absolute Gasteiger partial charge is 0.377 e. The Morgan fingerprint density at radius 3 is 3.00 bits per heavy atom. The Bertz CT molecular complexity index is 103. The van der Waals surface area contributed by atoms with Crippen LogP contribution in [-0.2, 0) is 4.74 Å². The molecule has 1 unspecified atom stereocenters. The topological polar surface area (TPSA) is 47.3 Å². The third-order valence-corrected chi connectivity index (χ3v) is 2.20. The number of nitrogens with one attached hydrogen (secondary N) is 1. The summed E-state index contributed by atoms with van der Waals surface area (Å²) < 4.78 is 5.47. The second-order valence-electron chi connectivity index (χ2n) is 3.33. The quantitative estimate of drug-likeness (QED) is 0.573. The van der Waals surface area contributed by atoms with Gasteiger partial charge in [0, 0.05) is 13.2 Å². The van der Waals surface area contributed by atoms with Crippen LogP contribution in [0.4, 0.5) is 0 Å². The second-order valence-corrected chi connectivity index (χ2v) is 3.33. The van der Waals surface area contributed by atoms with E-state index in [0.717, 1.165) is 32.7 Å². The molecule has 0 radical (unpaired) electrons. The van der Waals surface area contributed by atoms with Crippen molar-refractivity contribution in [1.29, 1.82) is 0 Å². The summed E-state index contributed by atoms with van der Waals surface area (Å²) in [4.78, 5) is 0. The summed E-state index contributed by atoms with van der Waals surface area (Å²) >= 11 is 0. The van der Waals surface area contributed by atoms with Crippen LogP contribution in [0.2, 0.25) is 0 Å². The predicted molar refractivity (Wildman–Crippen MR) is 50.1 cm³/mol. The van der Waals surface area contributed by atoms with E-state index in [4.69, 9.17) is 10.5 Å². The van der Waals surface area contributed by atoms with E-state index in [1.807, 2.05) is 0 Å². The summed E-state index contributed by atoms with van der Waals surface area (Å²) in [5, 5.41) is 3.38. The molecule has 1 saturated heterocycles. The maximum atomic E-state index is 5.47. The van der Waals surface area contributed by atoms with Gasteiger partial charge in [-0.3, -0.25) is 0 Å². The monoisotopic (exact) mass is 172 g/mol. The van der Waals surface area contributed by atoms with Gasteiger partial charge in [0.05, 0.1) is 6.10 Å². The normalized spacial score (nSPS) is 23.2. The molecule has 72 valence electrons. The minimum atomic E-state index is 0.475. The van der Waals surface area contributed by atoms with Crippen LogP contribution in [0.25, 0.3) is 0 Å². The molecule has 1 aliphatic heterocycles. The van der Waals surface area contributed by atoms with Gasteiger partial charge in [-0.15, -0.1) is 0 Å². The second kappa shape index (κ2) is 6.40. The van der Waals surface area contributed by atoms with Crippen LogP contribution in [0.5, 0.6) is 0 Å². The Labute approximate surface area is 74.7 Å². The Balaban J connectivity index is 1.81. The first-order valence-electron chi connectivity index (χ1n) is 4.96. The number of nitrogens with two attached hydrogens (primary N) is 1. The molecule has 0 bridgehead atoms. The van der Waals surface area contributed by atoms with Crippen molar-refractivity contribution in [2.45, 2.75) is 31.8 Å². The first-order chi connectivity index (χ1) is 5.93. The molecular weight excluding hydrogens is 152 g/mol. The molecule has 3 heteroatoms. The highest BCUT2D eigenvalue weighted by molar-refractivity contribution is 4.67. The minimum absolute atomic E-state index is 0.475. The van der Waals surface area contributed by atoms with Gasteiger partial charge >= 0.3 is 0 Å². The van der Waals surface area contributed by atoms with Crippen molar-refractivity contribution in [3.8, 4) is 0 Å². The molecule has 0 aromatic carbocycles. The van der Waals surface area contributed by atoms with Gasteiger partial charge in [0.15, 0.2) is 0 Å². The molecule has 1 rings (SSSR count). The zero-order valence-electron chi connectivity index (χ0n) is 7.72. The van der Waals surface area contributed by atoms with E-state index in [1.165, 1.54) is 19.3 Å². The summed E-state index contributed by atoms with van der Waals surface area (Å²) in [5.41, 5.74) is 5.38. The highest BCUT2D eigenvalue weighted by atomic mass is 16.5. The van der Waals surface area contributed by atoms with E-state index in [9.17, 15) is 0 Å². The molecule has 0 saturated carbocycles. The Morgan fingerprint density at radius 2 is 2.33 bits per heavy atom. The molecule has 1 heterocycles. The molecular formula is C9H20N2O. The van der Waals surface area contributed by atoms with Crippen LogP contribution in [0.15, 0.2) is 0 Å². The molecule has 1 aliphatic rings. The van der Waals surface area contributed by atoms with Gasteiger partial charge in [-0.05, 0) is 38.8 Å². The van der Waals surface area contributed by atoms with Crippen molar-refractivity contribution < 1.29 is 4.74 Å². The molecule has 1 atom stereocenters. The van der Waals surface area contributed by atoms with Crippen molar-refractivity contribution in [3.63, 3.8) is 0 Å². The van der Waals surface area contributed by atoms with Crippen LogP contribution in [-0.4, -0.2) is 32.3 Å². The first-order valence-corrected chi connectivity index (χ1v) is 4.96. The minimum Gasteiger partial charge on any atom is -0.377 e. The van der Waals surface area contributed by atoms with Crippen LogP contribution in [0, 0.1) is 0 Å². The fourth-order valence-corrected chi connectivity index (χ4v) is 1.46. The lowest BCUT2D eigenvalue weighted by Crippen LogP contribution is -2.27. The number of rotatable bonds is 6. The Morgan fingerprint density at radius 1 is 1.42 bits per heavy atom. The summed E-state index contributed by atoms with van der Waals surface area (Å²) in [6, 6.07) is 0. The zero-order chi connectivity index (χ0) is 8.65. The lowest BCUT2D eigenvalue weighted by atomic mass is 10.2. The van der Waals surface area contributed by atoms with Crippen LogP contribution in [0.3, 0.4) is 0 Å². The molecule has 3 N–H and O–H groups in total. The van der Waals surface area contributed by atoms with Crippen molar-refractivity contribution in [3.05, 3.63) is 0 Å². The van der Waals surface area contributed by atoms with Crippen molar-refractivity contribution >= 4 is 0 Å². The third kappa shape index (κ3) is 4.04. The Kier molecular flexibility index (Phi) is 5.32. The van der Waals surface area contributed by atoms with E-state index in [2.05, 4.69) is 5.32 Å². The van der Waals surface area contributed by atoms with Gasteiger partial charge in [0.2, 0.25) is 0 Å². The third-order valence-electron chi connectivity index (χ3n) is 2.20. The van der Waals surface area contributed by atoms with Gasteiger partial charge in [-0.1, -0.05) is 0 Å². The van der Waals surface area contributed by atoms with Gasteiger partial charge in [0.25, 0.3) is 0 Å². The van der Waals surface area contributed by atoms with E-state index in [0.29, 0.717) is 6.10 Å². The van der Waals surface area contributed by atoms with Gasteiger partial charge < -0.3 is 15.8 Å². The lowest BCUT2D eigenvalue weighted by molar-refractivity contribution is 0.110. The van der Waals surface area contributed by atoms with E-state index in [-0.39, 0.29) is 0 Å². The molecule has 0 spiro atoms. The summed E-state index contributed by atoms with van der Waals surface area (Å²) in [6.07, 6.45) is 5.24. The molecule has 0 amide bonds. The van der Waals surface area contributed by atoms with Gasteiger partial charge in [-0.25, -0.2) is 0 Å². The Hall–Kier alpha value is -0.120. The number of unbranched alkanes of at least 4 members (excludes halogenated alkanes) is 1. The fourth-order valence-electron chi connectivity index (χ4n) is 1.46. The van der Waals surface area contributed by atoms with Crippen molar-refractivity contribution in [2.75, 3.05) is 26.2 Å². The van der Waals surface area contributed by atoms with Crippen LogP contribution < -0.4 is 11.1 Å². The van der Waals surface area contributed by atoms with E-state index >= 15 is 0 Å². The molecule has 1 fully saturated rings. The molecule has 0 aromatic rings. The SMILES string of the molecule is NCCCCNCC1CCCO1. The van der Waals surface area contributed by atoms with Crippen LogP contribution in [0.1, 0.15) is 25.7 Å². The van der Waals surface area contributed by atoms with Gasteiger partial charge in [0.1, 0.15) is 0 Å². The molecule has 0 aromatic heterocycles. The van der Waals surface area contributed by atoms with Crippen LogP contribution >= 0.6 is 0 Å². The molecule has 0 aliphatic carbocycles. The van der Waals surface area contributed by atoms with Gasteiger partial charge in [-0.2, -0.15) is 0 Å². The zero-order valence-corrected chi connectivity index (χ0v) is 7.72. The summed E-state index contributed by atoms with van der Waals surface area (Å²) in [5.74, 6) is 0. The van der Waals surface area contributed by atoms with Crippen molar-refractivity contribution in [1.82, 2.24) is 5.32 Å². The number of ether oxygens (including phenoxy) is 1.